The molecule has 1 rings (SSSR count). The first-order chi connectivity index (χ1) is 8.13. The Morgan fingerprint density at radius 1 is 1.29 bits per heavy atom. The minimum absolute atomic E-state index is 0.0986. The van der Waals surface area contributed by atoms with Crippen LogP contribution in [0.15, 0.2) is 24.3 Å². The van der Waals surface area contributed by atoms with Gasteiger partial charge < -0.3 is 10.6 Å². The molecular formula is C14H22N2O. The van der Waals surface area contributed by atoms with Gasteiger partial charge in [0.05, 0.1) is 0 Å². The number of anilines is 1. The van der Waals surface area contributed by atoms with Crippen molar-refractivity contribution in [3.63, 3.8) is 0 Å². The van der Waals surface area contributed by atoms with E-state index in [9.17, 15) is 4.79 Å². The predicted molar refractivity (Wildman–Crippen MR) is 72.2 cm³/mol. The molecule has 17 heavy (non-hydrogen) atoms. The molecule has 0 saturated heterocycles. The molecule has 0 heterocycles. The molecule has 0 radical (unpaired) electrons. The molecule has 0 atom stereocenters. The number of nitrogens with one attached hydrogen (secondary N) is 2. The number of hydrogen-bond acceptors (Lipinski definition) is 2. The van der Waals surface area contributed by atoms with Gasteiger partial charge >= 0.3 is 0 Å². The molecule has 1 aromatic rings. The Kier molecular flexibility index (Phi) is 5.53. The van der Waals surface area contributed by atoms with Crippen molar-refractivity contribution in [1.29, 1.82) is 0 Å². The van der Waals surface area contributed by atoms with Gasteiger partial charge in [0.1, 0.15) is 0 Å². The summed E-state index contributed by atoms with van der Waals surface area (Å²) in [5, 5.41) is 6.19. The Morgan fingerprint density at radius 3 is 2.65 bits per heavy atom. The van der Waals surface area contributed by atoms with E-state index in [1.54, 1.807) is 0 Å². The van der Waals surface area contributed by atoms with Crippen molar-refractivity contribution in [2.24, 2.45) is 0 Å². The van der Waals surface area contributed by atoms with Gasteiger partial charge in [0.2, 0.25) is 5.91 Å². The predicted octanol–water partition coefficient (Wildman–Crippen LogP) is 2.58. The number of carbonyl (C=O) groups excluding carboxylic acids is 1. The summed E-state index contributed by atoms with van der Waals surface area (Å²) >= 11 is 0. The van der Waals surface area contributed by atoms with Crippen LogP contribution in [0.3, 0.4) is 0 Å². The zero-order valence-corrected chi connectivity index (χ0v) is 10.9. The fourth-order valence-electron chi connectivity index (χ4n) is 1.71. The normalized spacial score (nSPS) is 10.4. The van der Waals surface area contributed by atoms with Crippen LogP contribution in [-0.4, -0.2) is 18.5 Å². The molecule has 0 aliphatic heterocycles. The Morgan fingerprint density at radius 2 is 2.00 bits per heavy atom. The molecule has 0 aliphatic carbocycles. The van der Waals surface area contributed by atoms with Crippen molar-refractivity contribution in [1.82, 2.24) is 5.32 Å². The molecule has 94 valence electrons. The van der Waals surface area contributed by atoms with Crippen molar-refractivity contribution < 1.29 is 4.79 Å². The lowest BCUT2D eigenvalue weighted by Crippen LogP contribution is -2.31. The van der Waals surface area contributed by atoms with Crippen molar-refractivity contribution >= 4 is 11.6 Å². The van der Waals surface area contributed by atoms with E-state index >= 15 is 0 Å². The van der Waals surface area contributed by atoms with E-state index in [1.807, 2.05) is 26.0 Å². The standard InChI is InChI=1S/C14H22N2O/c1-4-12-7-5-6-8-13(12)15-10-9-14(17)16-11(2)3/h5-8,11,15H,4,9-10H2,1-3H3,(H,16,17). The van der Waals surface area contributed by atoms with Crippen LogP contribution in [-0.2, 0) is 11.2 Å². The van der Waals surface area contributed by atoms with Gasteiger partial charge in [-0.1, -0.05) is 25.1 Å². The highest BCUT2D eigenvalue weighted by Gasteiger charge is 2.03. The number of rotatable bonds is 6. The monoisotopic (exact) mass is 234 g/mol. The highest BCUT2D eigenvalue weighted by atomic mass is 16.1. The van der Waals surface area contributed by atoms with Gasteiger partial charge in [-0.2, -0.15) is 0 Å². The lowest BCUT2D eigenvalue weighted by Gasteiger charge is -2.11. The summed E-state index contributed by atoms with van der Waals surface area (Å²) in [7, 11) is 0. The van der Waals surface area contributed by atoms with Crippen molar-refractivity contribution in [3.05, 3.63) is 29.8 Å². The van der Waals surface area contributed by atoms with Gasteiger partial charge in [-0.25, -0.2) is 0 Å². The topological polar surface area (TPSA) is 41.1 Å². The van der Waals surface area contributed by atoms with Crippen LogP contribution in [0.2, 0.25) is 0 Å². The van der Waals surface area contributed by atoms with Gasteiger partial charge in [-0.15, -0.1) is 0 Å². The van der Waals surface area contributed by atoms with Crippen LogP contribution in [0.5, 0.6) is 0 Å². The van der Waals surface area contributed by atoms with E-state index in [2.05, 4.69) is 29.7 Å². The first kappa shape index (κ1) is 13.6. The molecule has 0 unspecified atom stereocenters. The van der Waals surface area contributed by atoms with Crippen molar-refractivity contribution in [3.8, 4) is 0 Å². The molecule has 1 aromatic carbocycles. The smallest absolute Gasteiger partial charge is 0.221 e. The van der Waals surface area contributed by atoms with Crippen LogP contribution in [0.4, 0.5) is 5.69 Å². The van der Waals surface area contributed by atoms with E-state index in [1.165, 1.54) is 5.56 Å². The minimum Gasteiger partial charge on any atom is -0.384 e. The molecular weight excluding hydrogens is 212 g/mol. The molecule has 0 aromatic heterocycles. The molecule has 1 amide bonds. The fourth-order valence-corrected chi connectivity index (χ4v) is 1.71. The van der Waals surface area contributed by atoms with Crippen LogP contribution >= 0.6 is 0 Å². The maximum atomic E-state index is 11.4. The zero-order valence-electron chi connectivity index (χ0n) is 10.9. The number of aryl methyl sites for hydroxylation is 1. The Labute approximate surface area is 104 Å². The molecule has 3 nitrogen and oxygen atoms in total. The maximum absolute atomic E-state index is 11.4. The minimum atomic E-state index is 0.0986. The summed E-state index contributed by atoms with van der Waals surface area (Å²) in [6.07, 6.45) is 1.51. The van der Waals surface area contributed by atoms with Gasteiger partial charge in [0.25, 0.3) is 0 Å². The third-order valence-electron chi connectivity index (χ3n) is 2.52. The summed E-state index contributed by atoms with van der Waals surface area (Å²) in [4.78, 5) is 11.4. The molecule has 0 spiro atoms. The fraction of sp³-hybridized carbons (Fsp3) is 0.500. The van der Waals surface area contributed by atoms with Crippen molar-refractivity contribution in [2.45, 2.75) is 39.7 Å². The van der Waals surface area contributed by atoms with Crippen LogP contribution in [0, 0.1) is 0 Å². The van der Waals surface area contributed by atoms with E-state index in [4.69, 9.17) is 0 Å². The largest absolute Gasteiger partial charge is 0.384 e. The van der Waals surface area contributed by atoms with E-state index in [-0.39, 0.29) is 11.9 Å². The molecule has 3 heteroatoms. The summed E-state index contributed by atoms with van der Waals surface area (Å²) in [6, 6.07) is 8.42. The third-order valence-corrected chi connectivity index (χ3v) is 2.52. The van der Waals surface area contributed by atoms with Gasteiger partial charge in [-0.3, -0.25) is 4.79 Å². The number of carbonyl (C=O) groups is 1. The first-order valence-corrected chi connectivity index (χ1v) is 6.24. The van der Waals surface area contributed by atoms with E-state index in [0.717, 1.165) is 12.1 Å². The lowest BCUT2D eigenvalue weighted by molar-refractivity contribution is -0.121. The lowest BCUT2D eigenvalue weighted by atomic mass is 10.1. The highest BCUT2D eigenvalue weighted by Crippen LogP contribution is 2.14. The molecule has 2 N–H and O–H groups in total. The average Bonchev–Trinajstić information content (AvgIpc) is 2.28. The van der Waals surface area contributed by atoms with Crippen LogP contribution in [0.1, 0.15) is 32.8 Å². The molecule has 0 saturated carbocycles. The van der Waals surface area contributed by atoms with Gasteiger partial charge in [-0.05, 0) is 31.9 Å². The maximum Gasteiger partial charge on any atom is 0.221 e. The van der Waals surface area contributed by atoms with Crippen molar-refractivity contribution in [2.75, 3.05) is 11.9 Å². The quantitative estimate of drug-likeness (QED) is 0.794. The number of para-hydroxylation sites is 1. The Hall–Kier alpha value is -1.51. The molecule has 0 bridgehead atoms. The molecule has 0 fully saturated rings. The summed E-state index contributed by atoms with van der Waals surface area (Å²) in [6.45, 7) is 6.75. The molecule has 0 aliphatic rings. The van der Waals surface area contributed by atoms with E-state index < -0.39 is 0 Å². The van der Waals surface area contributed by atoms with Crippen LogP contribution in [0.25, 0.3) is 0 Å². The second-order valence-corrected chi connectivity index (χ2v) is 4.41. The van der Waals surface area contributed by atoms with Gasteiger partial charge in [0.15, 0.2) is 0 Å². The SMILES string of the molecule is CCc1ccccc1NCCC(=O)NC(C)C. The number of amides is 1. The van der Waals surface area contributed by atoms with Crippen LogP contribution < -0.4 is 10.6 Å². The second-order valence-electron chi connectivity index (χ2n) is 4.41. The van der Waals surface area contributed by atoms with E-state index in [0.29, 0.717) is 13.0 Å². The average molecular weight is 234 g/mol. The zero-order chi connectivity index (χ0) is 12.7. The second kappa shape index (κ2) is 6.94. The Bertz CT molecular complexity index is 361. The summed E-state index contributed by atoms with van der Waals surface area (Å²) in [5.41, 5.74) is 2.42. The Balaban J connectivity index is 2.38. The summed E-state index contributed by atoms with van der Waals surface area (Å²) in [5.74, 6) is 0.0986. The first-order valence-electron chi connectivity index (χ1n) is 6.24. The summed E-state index contributed by atoms with van der Waals surface area (Å²) < 4.78 is 0. The third kappa shape index (κ3) is 4.89. The number of benzene rings is 1. The van der Waals surface area contributed by atoms with Gasteiger partial charge in [0, 0.05) is 24.7 Å². The number of hydrogen-bond donors (Lipinski definition) is 2. The highest BCUT2D eigenvalue weighted by molar-refractivity contribution is 5.76.